The lowest BCUT2D eigenvalue weighted by molar-refractivity contribution is 0.766. The monoisotopic (exact) mass is 148 g/mol. The molecule has 0 spiro atoms. The standard InChI is InChI=1S/C9H12N2/c1-9(2)5-10-7-3-4-8(7)11-6-9/h5-6H,3-4H2,1-2H3. The van der Waals surface area contributed by atoms with E-state index in [9.17, 15) is 0 Å². The zero-order valence-corrected chi connectivity index (χ0v) is 6.96. The third kappa shape index (κ3) is 1.13. The molecule has 1 aliphatic heterocycles. The van der Waals surface area contributed by atoms with Gasteiger partial charge >= 0.3 is 0 Å². The van der Waals surface area contributed by atoms with Gasteiger partial charge in [-0.3, -0.25) is 9.98 Å². The van der Waals surface area contributed by atoms with Crippen LogP contribution in [0.2, 0.25) is 0 Å². The summed E-state index contributed by atoms with van der Waals surface area (Å²) in [6.45, 7) is 4.23. The topological polar surface area (TPSA) is 24.7 Å². The van der Waals surface area contributed by atoms with Crippen LogP contribution in [0.3, 0.4) is 0 Å². The molecule has 11 heavy (non-hydrogen) atoms. The molecule has 2 rings (SSSR count). The molecule has 0 aromatic rings. The highest BCUT2D eigenvalue weighted by atomic mass is 14.9. The maximum Gasteiger partial charge on any atom is 0.0618 e. The number of allylic oxidation sites excluding steroid dienone is 2. The van der Waals surface area contributed by atoms with Crippen molar-refractivity contribution in [2.24, 2.45) is 15.4 Å². The summed E-state index contributed by atoms with van der Waals surface area (Å²) in [7, 11) is 0. The molecule has 0 aromatic heterocycles. The highest BCUT2D eigenvalue weighted by Crippen LogP contribution is 2.32. The smallest absolute Gasteiger partial charge is 0.0618 e. The molecular formula is C9H12N2. The Kier molecular flexibility index (Phi) is 1.25. The minimum Gasteiger partial charge on any atom is -0.263 e. The largest absolute Gasteiger partial charge is 0.263 e. The summed E-state index contributed by atoms with van der Waals surface area (Å²) in [5.74, 6) is 0. The van der Waals surface area contributed by atoms with Crippen LogP contribution in [-0.4, -0.2) is 12.4 Å². The molecule has 0 atom stereocenters. The zero-order chi connectivity index (χ0) is 7.90. The van der Waals surface area contributed by atoms with Gasteiger partial charge < -0.3 is 0 Å². The van der Waals surface area contributed by atoms with Gasteiger partial charge in [-0.2, -0.15) is 0 Å². The summed E-state index contributed by atoms with van der Waals surface area (Å²) in [5.41, 5.74) is 2.41. The van der Waals surface area contributed by atoms with Crippen molar-refractivity contribution in [3.8, 4) is 0 Å². The predicted octanol–water partition coefficient (Wildman–Crippen LogP) is 2.17. The first-order chi connectivity index (χ1) is 5.17. The summed E-state index contributed by atoms with van der Waals surface area (Å²) < 4.78 is 0. The third-order valence-electron chi connectivity index (χ3n) is 2.04. The summed E-state index contributed by atoms with van der Waals surface area (Å²) in [6, 6.07) is 0. The van der Waals surface area contributed by atoms with Crippen LogP contribution in [0, 0.1) is 5.41 Å². The minimum absolute atomic E-state index is 0.0390. The number of hydrogen-bond acceptors (Lipinski definition) is 2. The van der Waals surface area contributed by atoms with Gasteiger partial charge in [0.1, 0.15) is 0 Å². The first-order valence-corrected chi connectivity index (χ1v) is 4.00. The maximum absolute atomic E-state index is 4.37. The molecule has 0 fully saturated rings. The molecule has 0 saturated carbocycles. The Morgan fingerprint density at radius 2 is 1.55 bits per heavy atom. The Bertz CT molecular complexity index is 243. The van der Waals surface area contributed by atoms with E-state index in [1.54, 1.807) is 0 Å². The van der Waals surface area contributed by atoms with Crippen molar-refractivity contribution in [2.45, 2.75) is 26.7 Å². The summed E-state index contributed by atoms with van der Waals surface area (Å²) in [4.78, 5) is 8.75. The minimum atomic E-state index is 0.0390. The zero-order valence-electron chi connectivity index (χ0n) is 6.96. The predicted molar refractivity (Wildman–Crippen MR) is 47.0 cm³/mol. The van der Waals surface area contributed by atoms with Crippen molar-refractivity contribution in [2.75, 3.05) is 0 Å². The molecule has 0 radical (unpaired) electrons. The lowest BCUT2D eigenvalue weighted by atomic mass is 9.98. The number of nitrogens with zero attached hydrogens (tertiary/aromatic N) is 2. The molecule has 0 N–H and O–H groups in total. The Hall–Kier alpha value is -0.920. The summed E-state index contributed by atoms with van der Waals surface area (Å²) in [6.07, 6.45) is 6.19. The molecule has 2 nitrogen and oxygen atoms in total. The van der Waals surface area contributed by atoms with E-state index in [0.717, 1.165) is 12.8 Å². The fourth-order valence-corrected chi connectivity index (χ4v) is 1.15. The second-order valence-electron chi connectivity index (χ2n) is 3.73. The van der Waals surface area contributed by atoms with E-state index >= 15 is 0 Å². The van der Waals surface area contributed by atoms with Crippen molar-refractivity contribution in [3.05, 3.63) is 11.4 Å². The summed E-state index contributed by atoms with van der Waals surface area (Å²) in [5, 5.41) is 0. The van der Waals surface area contributed by atoms with Crippen LogP contribution in [0.1, 0.15) is 26.7 Å². The van der Waals surface area contributed by atoms with Crippen molar-refractivity contribution in [3.63, 3.8) is 0 Å². The Labute approximate surface area is 66.7 Å². The van der Waals surface area contributed by atoms with Crippen LogP contribution in [-0.2, 0) is 0 Å². The van der Waals surface area contributed by atoms with Crippen molar-refractivity contribution < 1.29 is 0 Å². The highest BCUT2D eigenvalue weighted by molar-refractivity contribution is 5.90. The normalized spacial score (nSPS) is 26.0. The average molecular weight is 148 g/mol. The molecule has 0 unspecified atom stereocenters. The van der Waals surface area contributed by atoms with Gasteiger partial charge in [0, 0.05) is 17.8 Å². The molecule has 0 saturated heterocycles. The van der Waals surface area contributed by atoms with Crippen molar-refractivity contribution in [1.82, 2.24) is 0 Å². The van der Waals surface area contributed by atoms with Gasteiger partial charge in [0.25, 0.3) is 0 Å². The first-order valence-electron chi connectivity index (χ1n) is 4.00. The van der Waals surface area contributed by atoms with Crippen LogP contribution in [0.5, 0.6) is 0 Å². The van der Waals surface area contributed by atoms with Gasteiger partial charge in [-0.25, -0.2) is 0 Å². The van der Waals surface area contributed by atoms with Gasteiger partial charge in [-0.15, -0.1) is 0 Å². The number of aliphatic imine (C=N–C) groups is 2. The van der Waals surface area contributed by atoms with Crippen LogP contribution in [0.25, 0.3) is 0 Å². The number of rotatable bonds is 0. The van der Waals surface area contributed by atoms with E-state index < -0.39 is 0 Å². The van der Waals surface area contributed by atoms with Crippen LogP contribution in [0.15, 0.2) is 21.4 Å². The van der Waals surface area contributed by atoms with Crippen LogP contribution >= 0.6 is 0 Å². The molecule has 1 aliphatic carbocycles. The molecule has 58 valence electrons. The second-order valence-corrected chi connectivity index (χ2v) is 3.73. The molecule has 0 bridgehead atoms. The molecule has 2 heteroatoms. The Morgan fingerprint density at radius 1 is 1.09 bits per heavy atom. The molecular weight excluding hydrogens is 136 g/mol. The lowest BCUT2D eigenvalue weighted by Crippen LogP contribution is -2.13. The van der Waals surface area contributed by atoms with E-state index in [1.807, 2.05) is 12.4 Å². The highest BCUT2D eigenvalue weighted by Gasteiger charge is 2.21. The molecule has 0 amide bonds. The van der Waals surface area contributed by atoms with E-state index in [2.05, 4.69) is 23.8 Å². The van der Waals surface area contributed by atoms with Gasteiger partial charge in [-0.05, 0) is 26.7 Å². The fraction of sp³-hybridized carbons (Fsp3) is 0.556. The first kappa shape index (κ1) is 6.77. The van der Waals surface area contributed by atoms with Crippen LogP contribution in [0.4, 0.5) is 0 Å². The molecule has 1 heterocycles. The van der Waals surface area contributed by atoms with E-state index in [0.29, 0.717) is 0 Å². The van der Waals surface area contributed by atoms with E-state index in [1.165, 1.54) is 11.4 Å². The molecule has 0 aromatic carbocycles. The maximum atomic E-state index is 4.37. The van der Waals surface area contributed by atoms with Crippen LogP contribution < -0.4 is 0 Å². The van der Waals surface area contributed by atoms with Crippen molar-refractivity contribution >= 4 is 12.4 Å². The molecule has 2 aliphatic rings. The fourth-order valence-electron chi connectivity index (χ4n) is 1.15. The van der Waals surface area contributed by atoms with Gasteiger partial charge in [0.05, 0.1) is 11.4 Å². The SMILES string of the molecule is CC1(C)C=NC2=C(CC2)N=C1. The van der Waals surface area contributed by atoms with E-state index in [-0.39, 0.29) is 5.41 Å². The van der Waals surface area contributed by atoms with Gasteiger partial charge in [0.2, 0.25) is 0 Å². The quantitative estimate of drug-likeness (QED) is 0.503. The Morgan fingerprint density at radius 3 is 1.91 bits per heavy atom. The third-order valence-corrected chi connectivity index (χ3v) is 2.04. The summed E-state index contributed by atoms with van der Waals surface area (Å²) >= 11 is 0. The lowest BCUT2D eigenvalue weighted by Gasteiger charge is -2.14. The Balaban J connectivity index is 2.35. The van der Waals surface area contributed by atoms with Gasteiger partial charge in [0.15, 0.2) is 0 Å². The van der Waals surface area contributed by atoms with Gasteiger partial charge in [-0.1, -0.05) is 0 Å². The number of hydrogen-bond donors (Lipinski definition) is 0. The van der Waals surface area contributed by atoms with E-state index in [4.69, 9.17) is 0 Å². The average Bonchev–Trinajstić information content (AvgIpc) is 1.91. The second kappa shape index (κ2) is 2.03. The van der Waals surface area contributed by atoms with Crippen molar-refractivity contribution in [1.29, 1.82) is 0 Å².